The standard InChI is InChI=1S/C16H17N3O3S/c17-16(5-1-2-6-16)14(20)19-15-18-11(8-23-15)10-3-4-12-13(7-10)22-9-21-12/h3-4,7-8H,1-2,5-6,9,17H2,(H,18,19,20). The fourth-order valence-corrected chi connectivity index (χ4v) is 3.69. The Morgan fingerprint density at radius 1 is 1.26 bits per heavy atom. The average molecular weight is 331 g/mol. The van der Waals surface area contributed by atoms with E-state index in [-0.39, 0.29) is 12.7 Å². The van der Waals surface area contributed by atoms with E-state index in [1.165, 1.54) is 11.3 Å². The van der Waals surface area contributed by atoms with E-state index in [9.17, 15) is 4.79 Å². The second-order valence-electron chi connectivity index (χ2n) is 5.92. The molecule has 3 N–H and O–H groups in total. The predicted molar refractivity (Wildman–Crippen MR) is 87.7 cm³/mol. The number of fused-ring (bicyclic) bond motifs is 1. The van der Waals surface area contributed by atoms with Gasteiger partial charge in [-0.1, -0.05) is 12.8 Å². The monoisotopic (exact) mass is 331 g/mol. The van der Waals surface area contributed by atoms with E-state index in [0.29, 0.717) is 10.9 Å². The Bertz CT molecular complexity index is 753. The van der Waals surface area contributed by atoms with Crippen LogP contribution in [0.5, 0.6) is 11.5 Å². The number of ether oxygens (including phenoxy) is 2. The van der Waals surface area contributed by atoms with Crippen LogP contribution in [-0.4, -0.2) is 23.2 Å². The van der Waals surface area contributed by atoms with Gasteiger partial charge in [0.1, 0.15) is 0 Å². The highest BCUT2D eigenvalue weighted by Crippen LogP contribution is 2.37. The van der Waals surface area contributed by atoms with Gasteiger partial charge in [-0.05, 0) is 31.0 Å². The topological polar surface area (TPSA) is 86.5 Å². The largest absolute Gasteiger partial charge is 0.454 e. The average Bonchev–Trinajstić information content (AvgIpc) is 3.26. The Morgan fingerprint density at radius 3 is 2.87 bits per heavy atom. The molecule has 4 rings (SSSR count). The Morgan fingerprint density at radius 2 is 2.04 bits per heavy atom. The van der Waals surface area contributed by atoms with E-state index in [0.717, 1.165) is 42.7 Å². The van der Waals surface area contributed by atoms with Gasteiger partial charge in [0.15, 0.2) is 16.6 Å². The maximum atomic E-state index is 12.3. The summed E-state index contributed by atoms with van der Waals surface area (Å²) in [6.07, 6.45) is 3.48. The van der Waals surface area contributed by atoms with Crippen LogP contribution in [-0.2, 0) is 4.79 Å². The molecule has 0 radical (unpaired) electrons. The van der Waals surface area contributed by atoms with Gasteiger partial charge >= 0.3 is 0 Å². The number of carbonyl (C=O) groups is 1. The maximum absolute atomic E-state index is 12.3. The maximum Gasteiger partial charge on any atom is 0.246 e. The van der Waals surface area contributed by atoms with Crippen LogP contribution >= 0.6 is 11.3 Å². The van der Waals surface area contributed by atoms with Crippen molar-refractivity contribution >= 4 is 22.4 Å². The number of carbonyl (C=O) groups excluding carboxylic acids is 1. The zero-order valence-electron chi connectivity index (χ0n) is 12.5. The molecular weight excluding hydrogens is 314 g/mol. The number of hydrogen-bond acceptors (Lipinski definition) is 6. The van der Waals surface area contributed by atoms with Crippen molar-refractivity contribution in [1.82, 2.24) is 4.98 Å². The lowest BCUT2D eigenvalue weighted by Gasteiger charge is -2.21. The molecule has 0 unspecified atom stereocenters. The van der Waals surface area contributed by atoms with Crippen LogP contribution in [0.1, 0.15) is 25.7 Å². The summed E-state index contributed by atoms with van der Waals surface area (Å²) in [4.78, 5) is 16.8. The molecule has 6 nitrogen and oxygen atoms in total. The van der Waals surface area contributed by atoms with Crippen molar-refractivity contribution in [3.05, 3.63) is 23.6 Å². The van der Waals surface area contributed by atoms with Crippen molar-refractivity contribution < 1.29 is 14.3 Å². The summed E-state index contributed by atoms with van der Waals surface area (Å²) < 4.78 is 10.7. The summed E-state index contributed by atoms with van der Waals surface area (Å²) >= 11 is 1.39. The van der Waals surface area contributed by atoms with E-state index in [1.807, 2.05) is 23.6 Å². The van der Waals surface area contributed by atoms with Gasteiger partial charge in [0.2, 0.25) is 12.7 Å². The molecule has 7 heteroatoms. The third kappa shape index (κ3) is 2.66. The molecule has 120 valence electrons. The van der Waals surface area contributed by atoms with Gasteiger partial charge in [-0.15, -0.1) is 11.3 Å². The first-order chi connectivity index (χ1) is 11.1. The third-order valence-corrected chi connectivity index (χ3v) is 5.10. The molecule has 2 aliphatic rings. The number of aromatic nitrogens is 1. The van der Waals surface area contributed by atoms with E-state index in [2.05, 4.69) is 10.3 Å². The molecular formula is C16H17N3O3S. The second-order valence-corrected chi connectivity index (χ2v) is 6.78. The number of nitrogens with two attached hydrogens (primary N) is 1. The number of benzene rings is 1. The van der Waals surface area contributed by atoms with Gasteiger partial charge in [-0.3, -0.25) is 4.79 Å². The van der Waals surface area contributed by atoms with Crippen LogP contribution in [0.3, 0.4) is 0 Å². The van der Waals surface area contributed by atoms with Crippen LogP contribution in [0.25, 0.3) is 11.3 Å². The van der Waals surface area contributed by atoms with E-state index in [1.54, 1.807) is 0 Å². The zero-order valence-corrected chi connectivity index (χ0v) is 13.3. The van der Waals surface area contributed by atoms with Gasteiger partial charge in [-0.25, -0.2) is 4.98 Å². The Balaban J connectivity index is 1.52. The number of nitrogens with zero attached hydrogens (tertiary/aromatic N) is 1. The first-order valence-electron chi connectivity index (χ1n) is 7.60. The number of nitrogens with one attached hydrogen (secondary N) is 1. The highest BCUT2D eigenvalue weighted by Gasteiger charge is 2.37. The number of thiazole rings is 1. The molecule has 1 aromatic carbocycles. The lowest BCUT2D eigenvalue weighted by molar-refractivity contribution is -0.121. The third-order valence-electron chi connectivity index (χ3n) is 4.34. The summed E-state index contributed by atoms with van der Waals surface area (Å²) in [7, 11) is 0. The van der Waals surface area contributed by atoms with Crippen LogP contribution < -0.4 is 20.5 Å². The highest BCUT2D eigenvalue weighted by atomic mass is 32.1. The molecule has 0 saturated heterocycles. The van der Waals surface area contributed by atoms with Gasteiger partial charge < -0.3 is 20.5 Å². The van der Waals surface area contributed by atoms with E-state index < -0.39 is 5.54 Å². The minimum absolute atomic E-state index is 0.137. The fraction of sp³-hybridized carbons (Fsp3) is 0.375. The number of hydrogen-bond donors (Lipinski definition) is 2. The minimum Gasteiger partial charge on any atom is -0.454 e. The van der Waals surface area contributed by atoms with E-state index in [4.69, 9.17) is 15.2 Å². The van der Waals surface area contributed by atoms with Crippen molar-refractivity contribution in [2.24, 2.45) is 5.73 Å². The van der Waals surface area contributed by atoms with Crippen LogP contribution in [0.4, 0.5) is 5.13 Å². The first kappa shape index (κ1) is 14.5. The number of anilines is 1. The zero-order chi connectivity index (χ0) is 15.9. The van der Waals surface area contributed by atoms with Crippen molar-refractivity contribution in [3.8, 4) is 22.8 Å². The molecule has 1 amide bonds. The summed E-state index contributed by atoms with van der Waals surface area (Å²) in [6, 6.07) is 5.68. The molecule has 1 aromatic heterocycles. The Kier molecular flexibility index (Phi) is 3.46. The molecule has 2 aromatic rings. The normalized spacial score (nSPS) is 18.1. The molecule has 1 aliphatic carbocycles. The Hall–Kier alpha value is -2.12. The molecule has 0 bridgehead atoms. The van der Waals surface area contributed by atoms with Gasteiger partial charge in [0.25, 0.3) is 0 Å². The summed E-state index contributed by atoms with van der Waals surface area (Å²) in [6.45, 7) is 0.246. The fourth-order valence-electron chi connectivity index (χ4n) is 2.97. The lowest BCUT2D eigenvalue weighted by atomic mass is 9.98. The number of rotatable bonds is 3. The molecule has 1 fully saturated rings. The van der Waals surface area contributed by atoms with Gasteiger partial charge in [0, 0.05) is 10.9 Å². The molecule has 0 atom stereocenters. The van der Waals surface area contributed by atoms with Crippen LogP contribution in [0.15, 0.2) is 23.6 Å². The molecule has 2 heterocycles. The summed E-state index contributed by atoms with van der Waals surface area (Å²) in [5.41, 5.74) is 7.14. The molecule has 1 saturated carbocycles. The van der Waals surface area contributed by atoms with Gasteiger partial charge in [0.05, 0.1) is 11.2 Å². The smallest absolute Gasteiger partial charge is 0.246 e. The van der Waals surface area contributed by atoms with Crippen molar-refractivity contribution in [2.75, 3.05) is 12.1 Å². The quantitative estimate of drug-likeness (QED) is 0.903. The molecule has 0 spiro atoms. The summed E-state index contributed by atoms with van der Waals surface area (Å²) in [5, 5.41) is 5.33. The first-order valence-corrected chi connectivity index (χ1v) is 8.48. The highest BCUT2D eigenvalue weighted by molar-refractivity contribution is 7.14. The predicted octanol–water partition coefficient (Wildman–Crippen LogP) is 2.75. The molecule has 23 heavy (non-hydrogen) atoms. The van der Waals surface area contributed by atoms with Crippen LogP contribution in [0, 0.1) is 0 Å². The van der Waals surface area contributed by atoms with Crippen molar-refractivity contribution in [2.45, 2.75) is 31.2 Å². The van der Waals surface area contributed by atoms with Gasteiger partial charge in [-0.2, -0.15) is 0 Å². The lowest BCUT2D eigenvalue weighted by Crippen LogP contribution is -2.48. The van der Waals surface area contributed by atoms with Crippen LogP contribution in [0.2, 0.25) is 0 Å². The SMILES string of the molecule is NC1(C(=O)Nc2nc(-c3ccc4c(c3)OCO4)cs2)CCCC1. The minimum atomic E-state index is -0.745. The van der Waals surface area contributed by atoms with Crippen molar-refractivity contribution in [3.63, 3.8) is 0 Å². The second kappa shape index (κ2) is 5.50. The summed E-state index contributed by atoms with van der Waals surface area (Å²) in [5.74, 6) is 1.32. The van der Waals surface area contributed by atoms with Crippen molar-refractivity contribution in [1.29, 1.82) is 0 Å². The van der Waals surface area contributed by atoms with E-state index >= 15 is 0 Å². The molecule has 1 aliphatic heterocycles. The Labute approximate surface area is 137 Å². The number of amides is 1.